The molecule has 4 nitrogen and oxygen atoms in total. The number of rotatable bonds is 3. The first kappa shape index (κ1) is 12.4. The van der Waals surface area contributed by atoms with E-state index in [0.717, 1.165) is 4.90 Å². The van der Waals surface area contributed by atoms with Gasteiger partial charge in [-0.15, -0.1) is 0 Å². The molecular weight excluding hydrogens is 218 g/mol. The van der Waals surface area contributed by atoms with Crippen molar-refractivity contribution < 1.29 is 13.6 Å². The van der Waals surface area contributed by atoms with Crippen molar-refractivity contribution in [2.24, 2.45) is 0 Å². The predicted molar refractivity (Wildman–Crippen MR) is 54.8 cm³/mol. The van der Waals surface area contributed by atoms with Crippen molar-refractivity contribution in [3.63, 3.8) is 0 Å². The standard InChI is InChI=1S/C10H12F2N2O2/c1-6-3-8(15)7(4-13-6)10(16)14(2)5-9(11)12/h3-4,9H,5H2,1-2H3,(H,13,15). The lowest BCUT2D eigenvalue weighted by Gasteiger charge is -2.15. The lowest BCUT2D eigenvalue weighted by Crippen LogP contribution is -2.34. The van der Waals surface area contributed by atoms with Crippen molar-refractivity contribution in [1.29, 1.82) is 0 Å². The fraction of sp³-hybridized carbons (Fsp3) is 0.400. The molecule has 0 fully saturated rings. The van der Waals surface area contributed by atoms with Crippen molar-refractivity contribution in [2.45, 2.75) is 13.3 Å². The normalized spacial score (nSPS) is 10.6. The molecule has 6 heteroatoms. The molecule has 1 aromatic rings. The molecule has 88 valence electrons. The van der Waals surface area contributed by atoms with Crippen molar-refractivity contribution in [2.75, 3.05) is 13.6 Å². The molecular formula is C10H12F2N2O2. The summed E-state index contributed by atoms with van der Waals surface area (Å²) >= 11 is 0. The minimum atomic E-state index is -2.61. The van der Waals surface area contributed by atoms with Crippen LogP contribution in [0, 0.1) is 6.92 Å². The van der Waals surface area contributed by atoms with Gasteiger partial charge < -0.3 is 9.88 Å². The van der Waals surface area contributed by atoms with E-state index in [9.17, 15) is 18.4 Å². The summed E-state index contributed by atoms with van der Waals surface area (Å²) < 4.78 is 24.1. The van der Waals surface area contributed by atoms with E-state index in [4.69, 9.17) is 0 Å². The molecule has 0 aliphatic rings. The number of hydrogen-bond acceptors (Lipinski definition) is 2. The van der Waals surface area contributed by atoms with E-state index in [2.05, 4.69) is 4.98 Å². The second-order valence-corrected chi connectivity index (χ2v) is 3.47. The third-order valence-electron chi connectivity index (χ3n) is 2.05. The average Bonchev–Trinajstić information content (AvgIpc) is 2.15. The fourth-order valence-corrected chi connectivity index (χ4v) is 1.24. The van der Waals surface area contributed by atoms with Gasteiger partial charge in [0.1, 0.15) is 5.56 Å². The molecule has 0 bridgehead atoms. The zero-order valence-electron chi connectivity index (χ0n) is 8.96. The first-order valence-corrected chi connectivity index (χ1v) is 4.64. The van der Waals surface area contributed by atoms with Gasteiger partial charge in [0, 0.05) is 25.0 Å². The Hall–Kier alpha value is -1.72. The quantitative estimate of drug-likeness (QED) is 0.842. The van der Waals surface area contributed by atoms with Crippen LogP contribution in [-0.2, 0) is 0 Å². The SMILES string of the molecule is Cc1cc(=O)c(C(=O)N(C)CC(F)F)c[nH]1. The molecule has 0 saturated heterocycles. The smallest absolute Gasteiger partial charge is 0.259 e. The minimum absolute atomic E-state index is 0.131. The topological polar surface area (TPSA) is 53.2 Å². The number of nitrogens with zero attached hydrogens (tertiary/aromatic N) is 1. The number of pyridine rings is 1. The Morgan fingerprint density at radius 2 is 2.19 bits per heavy atom. The lowest BCUT2D eigenvalue weighted by atomic mass is 10.2. The van der Waals surface area contributed by atoms with Gasteiger partial charge in [-0.2, -0.15) is 0 Å². The van der Waals surface area contributed by atoms with E-state index in [0.29, 0.717) is 5.69 Å². The molecule has 0 aromatic carbocycles. The van der Waals surface area contributed by atoms with E-state index < -0.39 is 24.3 Å². The van der Waals surface area contributed by atoms with E-state index in [-0.39, 0.29) is 5.56 Å². The van der Waals surface area contributed by atoms with Crippen LogP contribution in [0.5, 0.6) is 0 Å². The highest BCUT2D eigenvalue weighted by Gasteiger charge is 2.18. The van der Waals surface area contributed by atoms with E-state index in [1.54, 1.807) is 6.92 Å². The van der Waals surface area contributed by atoms with Gasteiger partial charge in [0.05, 0.1) is 6.54 Å². The number of alkyl halides is 2. The summed E-state index contributed by atoms with van der Waals surface area (Å²) in [5.74, 6) is -0.707. The minimum Gasteiger partial charge on any atom is -0.364 e. The average molecular weight is 230 g/mol. The molecule has 1 amide bonds. The highest BCUT2D eigenvalue weighted by atomic mass is 19.3. The summed E-state index contributed by atoms with van der Waals surface area (Å²) in [7, 11) is 1.23. The maximum absolute atomic E-state index is 12.0. The first-order chi connectivity index (χ1) is 7.41. The largest absolute Gasteiger partial charge is 0.364 e. The summed E-state index contributed by atoms with van der Waals surface area (Å²) in [6.07, 6.45) is -1.37. The van der Waals surface area contributed by atoms with Crippen molar-refractivity contribution in [3.8, 4) is 0 Å². The predicted octanol–water partition coefficient (Wildman–Crippen LogP) is 1.02. The van der Waals surface area contributed by atoms with Gasteiger partial charge >= 0.3 is 0 Å². The van der Waals surface area contributed by atoms with Crippen LogP contribution < -0.4 is 5.43 Å². The van der Waals surface area contributed by atoms with E-state index in [1.807, 2.05) is 0 Å². The molecule has 1 heterocycles. The van der Waals surface area contributed by atoms with Gasteiger partial charge in [-0.05, 0) is 6.92 Å². The Kier molecular flexibility index (Phi) is 3.76. The summed E-state index contributed by atoms with van der Waals surface area (Å²) in [4.78, 5) is 26.5. The molecule has 1 N–H and O–H groups in total. The van der Waals surface area contributed by atoms with Crippen molar-refractivity contribution in [3.05, 3.63) is 33.7 Å². The van der Waals surface area contributed by atoms with Crippen LogP contribution in [0.15, 0.2) is 17.1 Å². The van der Waals surface area contributed by atoms with Crippen LogP contribution in [0.25, 0.3) is 0 Å². The second-order valence-electron chi connectivity index (χ2n) is 3.47. The number of aryl methyl sites for hydroxylation is 1. The van der Waals surface area contributed by atoms with Gasteiger partial charge in [-0.1, -0.05) is 0 Å². The molecule has 0 spiro atoms. The highest BCUT2D eigenvalue weighted by molar-refractivity contribution is 5.93. The molecule has 0 saturated carbocycles. The Morgan fingerprint density at radius 3 is 2.69 bits per heavy atom. The number of aromatic nitrogens is 1. The molecule has 1 rings (SSSR count). The molecule has 0 aliphatic carbocycles. The van der Waals surface area contributed by atoms with E-state index in [1.165, 1.54) is 19.3 Å². The number of carbonyl (C=O) groups is 1. The summed E-state index contributed by atoms with van der Waals surface area (Å²) in [5, 5.41) is 0. The Labute approximate surface area is 90.9 Å². The van der Waals surface area contributed by atoms with Crippen LogP contribution in [-0.4, -0.2) is 35.8 Å². The Balaban J connectivity index is 2.92. The van der Waals surface area contributed by atoms with Crippen molar-refractivity contribution in [1.82, 2.24) is 9.88 Å². The van der Waals surface area contributed by atoms with Crippen LogP contribution in [0.2, 0.25) is 0 Å². The third-order valence-corrected chi connectivity index (χ3v) is 2.05. The lowest BCUT2D eigenvalue weighted by molar-refractivity contribution is 0.0619. The monoisotopic (exact) mass is 230 g/mol. The van der Waals surface area contributed by atoms with Crippen molar-refractivity contribution >= 4 is 5.91 Å². The van der Waals surface area contributed by atoms with Gasteiger partial charge in [0.2, 0.25) is 0 Å². The zero-order valence-corrected chi connectivity index (χ0v) is 8.96. The van der Waals surface area contributed by atoms with E-state index >= 15 is 0 Å². The second kappa shape index (κ2) is 4.87. The Morgan fingerprint density at radius 1 is 1.56 bits per heavy atom. The number of halogens is 2. The number of H-pyrrole nitrogens is 1. The van der Waals surface area contributed by atoms with Crippen LogP contribution in [0.3, 0.4) is 0 Å². The first-order valence-electron chi connectivity index (χ1n) is 4.64. The molecule has 0 unspecified atom stereocenters. The molecule has 0 radical (unpaired) electrons. The molecule has 0 atom stereocenters. The molecule has 0 aliphatic heterocycles. The van der Waals surface area contributed by atoms with Gasteiger partial charge in [-0.25, -0.2) is 8.78 Å². The summed E-state index contributed by atoms with van der Waals surface area (Å²) in [6, 6.07) is 1.25. The Bertz CT molecular complexity index is 443. The number of nitrogens with one attached hydrogen (secondary N) is 1. The summed E-state index contributed by atoms with van der Waals surface area (Å²) in [5.41, 5.74) is 0.00850. The fourth-order valence-electron chi connectivity index (χ4n) is 1.24. The molecule has 16 heavy (non-hydrogen) atoms. The number of aromatic amines is 1. The van der Waals surface area contributed by atoms with Gasteiger partial charge in [0.15, 0.2) is 5.43 Å². The maximum Gasteiger partial charge on any atom is 0.259 e. The van der Waals surface area contributed by atoms with Crippen LogP contribution in [0.1, 0.15) is 16.1 Å². The molecule has 1 aromatic heterocycles. The summed E-state index contributed by atoms with van der Waals surface area (Å²) in [6.45, 7) is 0.977. The third kappa shape index (κ3) is 2.88. The van der Waals surface area contributed by atoms with Gasteiger partial charge in [0.25, 0.3) is 12.3 Å². The van der Waals surface area contributed by atoms with Crippen LogP contribution in [0.4, 0.5) is 8.78 Å². The maximum atomic E-state index is 12.0. The highest BCUT2D eigenvalue weighted by Crippen LogP contribution is 2.01. The number of amides is 1. The number of carbonyl (C=O) groups excluding carboxylic acids is 1. The van der Waals surface area contributed by atoms with Crippen LogP contribution >= 0.6 is 0 Å². The zero-order chi connectivity index (χ0) is 12.3. The number of hydrogen-bond donors (Lipinski definition) is 1. The van der Waals surface area contributed by atoms with Gasteiger partial charge in [-0.3, -0.25) is 9.59 Å².